The Hall–Kier alpha value is -2.58. The number of halogens is 2. The first-order chi connectivity index (χ1) is 14.5. The third kappa shape index (κ3) is 1.98. The molecule has 1 spiro atoms. The van der Waals surface area contributed by atoms with E-state index < -0.39 is 29.1 Å². The molecule has 0 radical (unpaired) electrons. The van der Waals surface area contributed by atoms with Crippen LogP contribution in [0.15, 0.2) is 46.9 Å². The number of carbonyl (C=O) groups is 3. The number of hydrogen-bond acceptors (Lipinski definition) is 4. The lowest BCUT2D eigenvalue weighted by atomic mass is 9.75. The number of nitrogens with one attached hydrogen (secondary N) is 1. The summed E-state index contributed by atoms with van der Waals surface area (Å²) in [6, 6.07) is 11.0. The molecule has 4 aliphatic rings. The highest BCUT2D eigenvalue weighted by atomic mass is 79.9. The molecule has 0 aromatic heterocycles. The van der Waals surface area contributed by atoms with Crippen molar-refractivity contribution in [1.82, 2.24) is 4.90 Å². The summed E-state index contributed by atoms with van der Waals surface area (Å²) < 4.78 is 14.9. The second kappa shape index (κ2) is 5.98. The zero-order chi connectivity index (χ0) is 20.8. The minimum Gasteiger partial charge on any atom is -0.324 e. The highest BCUT2D eigenvalue weighted by Crippen LogP contribution is 2.60. The molecule has 3 fully saturated rings. The number of anilines is 2. The molecule has 8 heteroatoms. The Kier molecular flexibility index (Phi) is 3.63. The van der Waals surface area contributed by atoms with Gasteiger partial charge in [0.15, 0.2) is 0 Å². The van der Waals surface area contributed by atoms with Crippen molar-refractivity contribution >= 4 is 45.0 Å². The monoisotopic (exact) mass is 469 g/mol. The predicted octanol–water partition coefficient (Wildman–Crippen LogP) is 3.02. The van der Waals surface area contributed by atoms with Crippen LogP contribution in [0.3, 0.4) is 0 Å². The zero-order valence-corrected chi connectivity index (χ0v) is 17.4. The number of para-hydroxylation sites is 1. The highest BCUT2D eigenvalue weighted by molar-refractivity contribution is 9.10. The molecule has 4 heterocycles. The van der Waals surface area contributed by atoms with Gasteiger partial charge in [0, 0.05) is 21.8 Å². The number of nitrogens with zero attached hydrogens (tertiary/aromatic N) is 2. The van der Waals surface area contributed by atoms with E-state index in [1.807, 2.05) is 11.0 Å². The Morgan fingerprint density at radius 1 is 1.10 bits per heavy atom. The SMILES string of the molecule is O=C1[C@@H]2[C@@H]3CCCN3[C@@]3(C(=O)Nc4ccc(F)cc43)[C@H]2C(=O)N1c1ccccc1Br. The summed E-state index contributed by atoms with van der Waals surface area (Å²) in [4.78, 5) is 44.0. The number of benzene rings is 2. The summed E-state index contributed by atoms with van der Waals surface area (Å²) in [5.41, 5.74) is 0.0835. The van der Waals surface area contributed by atoms with Crippen molar-refractivity contribution in [3.63, 3.8) is 0 Å². The molecular formula is C22H17BrFN3O3. The van der Waals surface area contributed by atoms with Gasteiger partial charge in [-0.2, -0.15) is 0 Å². The number of rotatable bonds is 1. The molecule has 0 saturated carbocycles. The largest absolute Gasteiger partial charge is 0.324 e. The molecule has 152 valence electrons. The molecule has 0 aliphatic carbocycles. The van der Waals surface area contributed by atoms with Gasteiger partial charge in [-0.3, -0.25) is 19.3 Å². The first-order valence-electron chi connectivity index (χ1n) is 9.97. The van der Waals surface area contributed by atoms with Gasteiger partial charge in [0.05, 0.1) is 17.5 Å². The van der Waals surface area contributed by atoms with Gasteiger partial charge in [0.25, 0.3) is 0 Å². The summed E-state index contributed by atoms with van der Waals surface area (Å²) >= 11 is 3.43. The molecule has 0 unspecified atom stereocenters. The minimum atomic E-state index is -1.36. The van der Waals surface area contributed by atoms with Crippen molar-refractivity contribution < 1.29 is 18.8 Å². The molecule has 3 saturated heterocycles. The van der Waals surface area contributed by atoms with E-state index in [0.717, 1.165) is 12.8 Å². The van der Waals surface area contributed by atoms with Crippen LogP contribution in [-0.2, 0) is 19.9 Å². The van der Waals surface area contributed by atoms with Crippen LogP contribution in [0, 0.1) is 17.7 Å². The molecule has 3 amide bonds. The van der Waals surface area contributed by atoms with Gasteiger partial charge in [-0.15, -0.1) is 0 Å². The molecule has 30 heavy (non-hydrogen) atoms. The van der Waals surface area contributed by atoms with Crippen molar-refractivity contribution in [3.05, 3.63) is 58.3 Å². The van der Waals surface area contributed by atoms with Crippen LogP contribution in [0.1, 0.15) is 18.4 Å². The summed E-state index contributed by atoms with van der Waals surface area (Å²) in [5.74, 6) is -3.03. The van der Waals surface area contributed by atoms with Gasteiger partial charge in [-0.05, 0) is 65.6 Å². The zero-order valence-electron chi connectivity index (χ0n) is 15.8. The fourth-order valence-corrected chi connectivity index (χ4v) is 6.51. The average molecular weight is 470 g/mol. The Morgan fingerprint density at radius 3 is 2.70 bits per heavy atom. The smallest absolute Gasteiger partial charge is 0.250 e. The van der Waals surface area contributed by atoms with Crippen LogP contribution in [0.5, 0.6) is 0 Å². The van der Waals surface area contributed by atoms with E-state index >= 15 is 0 Å². The number of amides is 3. The lowest BCUT2D eigenvalue weighted by Gasteiger charge is -2.36. The van der Waals surface area contributed by atoms with E-state index in [-0.39, 0.29) is 17.9 Å². The van der Waals surface area contributed by atoms with Gasteiger partial charge in [-0.25, -0.2) is 9.29 Å². The first kappa shape index (κ1) is 18.2. The first-order valence-corrected chi connectivity index (χ1v) is 10.8. The van der Waals surface area contributed by atoms with Crippen LogP contribution in [0.25, 0.3) is 0 Å². The van der Waals surface area contributed by atoms with Crippen molar-refractivity contribution in [2.75, 3.05) is 16.8 Å². The van der Waals surface area contributed by atoms with Crippen LogP contribution in [0.4, 0.5) is 15.8 Å². The second-order valence-electron chi connectivity index (χ2n) is 8.28. The van der Waals surface area contributed by atoms with Gasteiger partial charge >= 0.3 is 0 Å². The number of carbonyl (C=O) groups excluding carboxylic acids is 3. The normalized spacial score (nSPS) is 32.0. The van der Waals surface area contributed by atoms with Crippen molar-refractivity contribution in [2.45, 2.75) is 24.4 Å². The maximum absolute atomic E-state index is 14.3. The summed E-state index contributed by atoms with van der Waals surface area (Å²) in [6.07, 6.45) is 1.55. The Bertz CT molecular complexity index is 1150. The van der Waals surface area contributed by atoms with Crippen molar-refractivity contribution in [3.8, 4) is 0 Å². The van der Waals surface area contributed by atoms with E-state index in [1.165, 1.54) is 23.1 Å². The summed E-state index contributed by atoms with van der Waals surface area (Å²) in [6.45, 7) is 0.594. The molecular weight excluding hydrogens is 453 g/mol. The van der Waals surface area contributed by atoms with E-state index in [4.69, 9.17) is 0 Å². The molecule has 0 bridgehead atoms. The molecule has 4 aliphatic heterocycles. The standard InChI is InChI=1S/C22H17BrFN3O3/c23-13-4-1-2-5-15(13)27-19(28)17-16-6-3-9-26(16)22(18(17)20(27)29)12-10-11(24)7-8-14(12)25-21(22)30/h1-2,4-5,7-8,10,16-18H,3,6,9H2,(H,25,30)/t16-,17+,18+,22+/m0/s1. The van der Waals surface area contributed by atoms with Crippen LogP contribution >= 0.6 is 15.9 Å². The van der Waals surface area contributed by atoms with Gasteiger partial charge in [-0.1, -0.05) is 12.1 Å². The summed E-state index contributed by atoms with van der Waals surface area (Å²) in [5, 5.41) is 2.85. The Labute approximate surface area is 180 Å². The fourth-order valence-electron chi connectivity index (χ4n) is 6.05. The van der Waals surface area contributed by atoms with Crippen molar-refractivity contribution in [2.24, 2.45) is 11.8 Å². The maximum Gasteiger partial charge on any atom is 0.250 e. The number of fused-ring (bicyclic) bond motifs is 7. The van der Waals surface area contributed by atoms with Crippen molar-refractivity contribution in [1.29, 1.82) is 0 Å². The third-order valence-corrected chi connectivity index (χ3v) is 7.72. The third-order valence-electron chi connectivity index (χ3n) is 7.05. The van der Waals surface area contributed by atoms with Gasteiger partial charge < -0.3 is 5.32 Å². The number of imide groups is 1. The summed E-state index contributed by atoms with van der Waals surface area (Å²) in [7, 11) is 0. The molecule has 6 rings (SSSR count). The van der Waals surface area contributed by atoms with E-state index in [1.54, 1.807) is 18.2 Å². The maximum atomic E-state index is 14.3. The van der Waals surface area contributed by atoms with E-state index in [9.17, 15) is 18.8 Å². The van der Waals surface area contributed by atoms with Gasteiger partial charge in [0.2, 0.25) is 17.7 Å². The lowest BCUT2D eigenvalue weighted by molar-refractivity contribution is -0.135. The second-order valence-corrected chi connectivity index (χ2v) is 9.13. The molecule has 6 nitrogen and oxygen atoms in total. The Morgan fingerprint density at radius 2 is 1.90 bits per heavy atom. The van der Waals surface area contributed by atoms with Crippen LogP contribution in [0.2, 0.25) is 0 Å². The topological polar surface area (TPSA) is 69.7 Å². The lowest BCUT2D eigenvalue weighted by Crippen LogP contribution is -2.54. The highest BCUT2D eigenvalue weighted by Gasteiger charge is 2.74. The van der Waals surface area contributed by atoms with E-state index in [2.05, 4.69) is 21.2 Å². The fraction of sp³-hybridized carbons (Fsp3) is 0.318. The van der Waals surface area contributed by atoms with E-state index in [0.29, 0.717) is 28.0 Å². The molecule has 2 aromatic carbocycles. The Balaban J connectivity index is 1.58. The quantitative estimate of drug-likeness (QED) is 0.651. The van der Waals surface area contributed by atoms with Crippen LogP contribution in [-0.4, -0.2) is 35.2 Å². The predicted molar refractivity (Wildman–Crippen MR) is 110 cm³/mol. The van der Waals surface area contributed by atoms with Crippen LogP contribution < -0.4 is 10.2 Å². The number of hydrogen-bond donors (Lipinski definition) is 1. The molecule has 1 N–H and O–H groups in total. The average Bonchev–Trinajstić information content (AvgIpc) is 3.42. The van der Waals surface area contributed by atoms with Gasteiger partial charge in [0.1, 0.15) is 11.4 Å². The molecule has 2 aromatic rings. The molecule has 4 atom stereocenters. The minimum absolute atomic E-state index is 0.223.